The topological polar surface area (TPSA) is 49.0 Å². The first kappa shape index (κ1) is 23.1. The number of rotatable bonds is 6. The molecule has 31 heavy (non-hydrogen) atoms. The van der Waals surface area contributed by atoms with Crippen molar-refractivity contribution in [1.29, 1.82) is 0 Å². The molecule has 0 aliphatic heterocycles. The van der Waals surface area contributed by atoms with Gasteiger partial charge >= 0.3 is 6.18 Å². The number of alkyl halides is 3. The van der Waals surface area contributed by atoms with Gasteiger partial charge in [-0.25, -0.2) is 0 Å². The van der Waals surface area contributed by atoms with E-state index in [1.165, 1.54) is 6.07 Å². The molecule has 0 bridgehead atoms. The van der Waals surface area contributed by atoms with Gasteiger partial charge in [0.25, 0.3) is 0 Å². The van der Waals surface area contributed by atoms with Crippen molar-refractivity contribution < 1.29 is 13.2 Å². The van der Waals surface area contributed by atoms with E-state index < -0.39 is 11.7 Å². The Morgan fingerprint density at radius 1 is 0.935 bits per heavy atom. The van der Waals surface area contributed by atoms with Gasteiger partial charge in [0.1, 0.15) is 0 Å². The Bertz CT molecular complexity index is 1060. The lowest BCUT2D eigenvalue weighted by Crippen LogP contribution is -2.21. The van der Waals surface area contributed by atoms with Crippen LogP contribution in [0.15, 0.2) is 60.8 Å². The Morgan fingerprint density at radius 2 is 1.71 bits per heavy atom. The molecule has 0 saturated heterocycles. The van der Waals surface area contributed by atoms with E-state index >= 15 is 0 Å². The Balaban J connectivity index is 1.76. The first-order valence-electron chi connectivity index (χ1n) is 9.10. The van der Waals surface area contributed by atoms with Gasteiger partial charge < -0.3 is 16.0 Å². The summed E-state index contributed by atoms with van der Waals surface area (Å²) in [6, 6.07) is 13.7. The van der Waals surface area contributed by atoms with Crippen molar-refractivity contribution in [2.75, 3.05) is 22.5 Å². The lowest BCUT2D eigenvalue weighted by Gasteiger charge is -2.18. The van der Waals surface area contributed by atoms with E-state index in [0.29, 0.717) is 34.4 Å². The zero-order valence-electron chi connectivity index (χ0n) is 15.9. The second-order valence-corrected chi connectivity index (χ2v) is 7.71. The molecule has 1 aromatic heterocycles. The van der Waals surface area contributed by atoms with Crippen LogP contribution in [0.5, 0.6) is 0 Å². The summed E-state index contributed by atoms with van der Waals surface area (Å²) in [7, 11) is 0. The van der Waals surface area contributed by atoms with Crippen LogP contribution in [0.25, 0.3) is 0 Å². The van der Waals surface area contributed by atoms with Gasteiger partial charge in [-0.15, -0.1) is 0 Å². The monoisotopic (exact) mass is 484 g/mol. The SMILES string of the molecule is FC(F)(F)c1ccc(NCCc2ccccn2)c(NC(=S)Nc2cc(Cl)ccc2Cl)c1. The maximum absolute atomic E-state index is 13.2. The Hall–Kier alpha value is -2.55. The van der Waals surface area contributed by atoms with E-state index in [-0.39, 0.29) is 10.8 Å². The number of hydrogen-bond donors (Lipinski definition) is 3. The molecule has 0 fully saturated rings. The van der Waals surface area contributed by atoms with E-state index in [1.807, 2.05) is 18.2 Å². The van der Waals surface area contributed by atoms with Crippen molar-refractivity contribution in [3.05, 3.63) is 82.1 Å². The molecule has 10 heteroatoms. The molecule has 3 N–H and O–H groups in total. The third-order valence-corrected chi connectivity index (χ3v) is 4.96. The molecule has 1 heterocycles. The number of aromatic nitrogens is 1. The van der Waals surface area contributed by atoms with Crippen LogP contribution < -0.4 is 16.0 Å². The van der Waals surface area contributed by atoms with Crippen LogP contribution >= 0.6 is 35.4 Å². The van der Waals surface area contributed by atoms with Crippen molar-refractivity contribution in [2.24, 2.45) is 0 Å². The molecular weight excluding hydrogens is 468 g/mol. The molecule has 3 aromatic rings. The molecule has 0 radical (unpaired) electrons. The summed E-state index contributed by atoms with van der Waals surface area (Å²) < 4.78 is 39.7. The van der Waals surface area contributed by atoms with Crippen LogP contribution in [-0.4, -0.2) is 16.6 Å². The first-order chi connectivity index (χ1) is 14.7. The molecule has 162 valence electrons. The van der Waals surface area contributed by atoms with Gasteiger partial charge in [-0.3, -0.25) is 4.98 Å². The molecule has 0 atom stereocenters. The molecular formula is C21H17Cl2F3N4S. The summed E-state index contributed by atoms with van der Waals surface area (Å²) in [5, 5.41) is 9.65. The zero-order chi connectivity index (χ0) is 22.4. The van der Waals surface area contributed by atoms with Crippen molar-refractivity contribution >= 4 is 57.6 Å². The summed E-state index contributed by atoms with van der Waals surface area (Å²) in [5.41, 5.74) is 1.14. The highest BCUT2D eigenvalue weighted by molar-refractivity contribution is 7.80. The number of nitrogens with zero attached hydrogens (tertiary/aromatic N) is 1. The molecule has 0 amide bonds. The number of nitrogens with one attached hydrogen (secondary N) is 3. The number of pyridine rings is 1. The van der Waals surface area contributed by atoms with Gasteiger partial charge in [-0.05, 0) is 60.7 Å². The van der Waals surface area contributed by atoms with Crippen LogP contribution in [0.2, 0.25) is 10.0 Å². The molecule has 2 aromatic carbocycles. The van der Waals surface area contributed by atoms with Gasteiger partial charge in [0.15, 0.2) is 5.11 Å². The van der Waals surface area contributed by atoms with Gasteiger partial charge in [0.2, 0.25) is 0 Å². The fourth-order valence-electron chi connectivity index (χ4n) is 2.72. The van der Waals surface area contributed by atoms with Crippen LogP contribution in [0.1, 0.15) is 11.3 Å². The van der Waals surface area contributed by atoms with Crippen molar-refractivity contribution in [2.45, 2.75) is 12.6 Å². The fraction of sp³-hybridized carbons (Fsp3) is 0.143. The maximum Gasteiger partial charge on any atom is 0.416 e. The summed E-state index contributed by atoms with van der Waals surface area (Å²) in [5.74, 6) is 0. The van der Waals surface area contributed by atoms with Gasteiger partial charge in [0, 0.05) is 29.9 Å². The smallest absolute Gasteiger partial charge is 0.383 e. The summed E-state index contributed by atoms with van der Waals surface area (Å²) >= 11 is 17.3. The predicted octanol–water partition coefficient (Wildman–Crippen LogP) is 6.87. The van der Waals surface area contributed by atoms with E-state index in [2.05, 4.69) is 20.9 Å². The average Bonchev–Trinajstić information content (AvgIpc) is 2.72. The lowest BCUT2D eigenvalue weighted by atomic mass is 10.1. The molecule has 4 nitrogen and oxygen atoms in total. The number of benzene rings is 2. The third-order valence-electron chi connectivity index (χ3n) is 4.19. The normalized spacial score (nSPS) is 11.1. The van der Waals surface area contributed by atoms with Crippen molar-refractivity contribution in [3.8, 4) is 0 Å². The molecule has 0 saturated carbocycles. The highest BCUT2D eigenvalue weighted by Gasteiger charge is 2.31. The largest absolute Gasteiger partial charge is 0.416 e. The fourth-order valence-corrected chi connectivity index (χ4v) is 3.28. The molecule has 0 aliphatic carbocycles. The highest BCUT2D eigenvalue weighted by atomic mass is 35.5. The van der Waals surface area contributed by atoms with Gasteiger partial charge in [-0.1, -0.05) is 29.3 Å². The minimum atomic E-state index is -4.49. The molecule has 0 aliphatic rings. The average molecular weight is 485 g/mol. The lowest BCUT2D eigenvalue weighted by molar-refractivity contribution is -0.137. The number of hydrogen-bond acceptors (Lipinski definition) is 3. The molecule has 0 unspecified atom stereocenters. The van der Waals surface area contributed by atoms with E-state index in [4.69, 9.17) is 35.4 Å². The van der Waals surface area contributed by atoms with Gasteiger partial charge in [0.05, 0.1) is 27.6 Å². The van der Waals surface area contributed by atoms with E-state index in [1.54, 1.807) is 24.4 Å². The maximum atomic E-state index is 13.2. The van der Waals surface area contributed by atoms with Crippen molar-refractivity contribution in [1.82, 2.24) is 4.98 Å². The second kappa shape index (κ2) is 10.2. The first-order valence-corrected chi connectivity index (χ1v) is 10.3. The molecule has 0 spiro atoms. The van der Waals surface area contributed by atoms with Crippen LogP contribution in [0.3, 0.4) is 0 Å². The number of halogens is 5. The summed E-state index contributed by atoms with van der Waals surface area (Å²) in [6.07, 6.45) is -2.21. The number of anilines is 3. The highest BCUT2D eigenvalue weighted by Crippen LogP contribution is 2.34. The van der Waals surface area contributed by atoms with Crippen molar-refractivity contribution in [3.63, 3.8) is 0 Å². The summed E-state index contributed by atoms with van der Waals surface area (Å²) in [4.78, 5) is 4.23. The minimum Gasteiger partial charge on any atom is -0.383 e. The Morgan fingerprint density at radius 3 is 2.42 bits per heavy atom. The second-order valence-electron chi connectivity index (χ2n) is 6.46. The quantitative estimate of drug-likeness (QED) is 0.333. The third kappa shape index (κ3) is 6.72. The van der Waals surface area contributed by atoms with E-state index in [0.717, 1.165) is 17.8 Å². The van der Waals surface area contributed by atoms with E-state index in [9.17, 15) is 13.2 Å². The van der Waals surface area contributed by atoms with Crippen LogP contribution in [0, 0.1) is 0 Å². The zero-order valence-corrected chi connectivity index (χ0v) is 18.3. The predicted molar refractivity (Wildman–Crippen MR) is 124 cm³/mol. The van der Waals surface area contributed by atoms with Crippen LogP contribution in [0.4, 0.5) is 30.2 Å². The summed E-state index contributed by atoms with van der Waals surface area (Å²) in [6.45, 7) is 0.470. The van der Waals surface area contributed by atoms with Gasteiger partial charge in [-0.2, -0.15) is 13.2 Å². The Kier molecular flexibility index (Phi) is 7.59. The Labute approximate surface area is 192 Å². The standard InChI is InChI=1S/C21H17Cl2F3N4S/c22-14-5-6-16(23)18(12-14)29-20(31)30-19-11-13(21(24,25)26)4-7-17(19)28-10-8-15-3-1-2-9-27-15/h1-7,9,11-12,28H,8,10H2,(H2,29,30,31). The minimum absolute atomic E-state index is 0.0660. The molecule has 3 rings (SSSR count). The van der Waals surface area contributed by atoms with Crippen LogP contribution in [-0.2, 0) is 12.6 Å². The number of thiocarbonyl (C=S) groups is 1.